The number of nitrogens with two attached hydrogens (primary N) is 1. The van der Waals surface area contributed by atoms with Crippen molar-refractivity contribution in [1.82, 2.24) is 3.97 Å². The zero-order valence-corrected chi connectivity index (χ0v) is 14.8. The zero-order valence-electron chi connectivity index (χ0n) is 12.4. The van der Waals surface area contributed by atoms with Crippen molar-refractivity contribution in [2.24, 2.45) is 5.73 Å². The highest BCUT2D eigenvalue weighted by Gasteiger charge is 2.24. The molecule has 0 aliphatic carbocycles. The fourth-order valence-corrected chi connectivity index (χ4v) is 4.41. The number of fused-ring (bicyclic) bond motifs is 1. The molecule has 0 saturated heterocycles. The Morgan fingerprint density at radius 2 is 1.96 bits per heavy atom. The molecule has 0 spiro atoms. The van der Waals surface area contributed by atoms with Crippen molar-refractivity contribution in [2.45, 2.75) is 11.4 Å². The van der Waals surface area contributed by atoms with Gasteiger partial charge in [-0.3, -0.25) is 0 Å². The highest BCUT2D eigenvalue weighted by molar-refractivity contribution is 9.10. The molecule has 120 valence electrons. The number of benzene rings is 2. The van der Waals surface area contributed by atoms with Gasteiger partial charge in [-0.1, -0.05) is 34.1 Å². The van der Waals surface area contributed by atoms with Crippen LogP contribution in [0.1, 0.15) is 5.56 Å². The number of para-hydroxylation sites is 1. The molecule has 0 bridgehead atoms. The molecule has 0 amide bonds. The summed E-state index contributed by atoms with van der Waals surface area (Å²) in [5, 5.41) is 0.828. The predicted molar refractivity (Wildman–Crippen MR) is 93.1 cm³/mol. The molecule has 0 aliphatic heterocycles. The summed E-state index contributed by atoms with van der Waals surface area (Å²) in [7, 11) is -2.35. The van der Waals surface area contributed by atoms with Crippen LogP contribution < -0.4 is 10.5 Å². The molecule has 3 rings (SSSR count). The Morgan fingerprint density at radius 3 is 2.65 bits per heavy atom. The molecule has 0 radical (unpaired) electrons. The van der Waals surface area contributed by atoms with Crippen molar-refractivity contribution >= 4 is 36.9 Å². The Kier molecular flexibility index (Phi) is 4.18. The van der Waals surface area contributed by atoms with E-state index in [0.29, 0.717) is 5.52 Å². The highest BCUT2D eigenvalue weighted by atomic mass is 79.9. The van der Waals surface area contributed by atoms with E-state index < -0.39 is 10.0 Å². The number of hydrogen-bond acceptors (Lipinski definition) is 4. The van der Waals surface area contributed by atoms with E-state index in [1.807, 2.05) is 12.1 Å². The van der Waals surface area contributed by atoms with Crippen LogP contribution >= 0.6 is 15.9 Å². The molecular weight excluding hydrogens is 380 g/mol. The van der Waals surface area contributed by atoms with Gasteiger partial charge in [-0.2, -0.15) is 0 Å². The molecule has 7 heteroatoms. The molecule has 1 aromatic heterocycles. The Bertz CT molecular complexity index is 980. The normalized spacial score (nSPS) is 11.8. The maximum atomic E-state index is 13.1. The third-order valence-electron chi connectivity index (χ3n) is 3.64. The van der Waals surface area contributed by atoms with Crippen LogP contribution in [0, 0.1) is 0 Å². The first-order valence-electron chi connectivity index (χ1n) is 6.87. The van der Waals surface area contributed by atoms with E-state index in [-0.39, 0.29) is 17.2 Å². The lowest BCUT2D eigenvalue weighted by Gasteiger charge is -2.11. The van der Waals surface area contributed by atoms with Gasteiger partial charge in [0.05, 0.1) is 12.6 Å². The number of ether oxygens (including phenoxy) is 1. The van der Waals surface area contributed by atoms with Gasteiger partial charge < -0.3 is 10.5 Å². The highest BCUT2D eigenvalue weighted by Crippen LogP contribution is 2.32. The maximum absolute atomic E-state index is 13.1. The summed E-state index contributed by atoms with van der Waals surface area (Å²) in [6.45, 7) is 0.264. The van der Waals surface area contributed by atoms with Crippen molar-refractivity contribution in [3.63, 3.8) is 0 Å². The smallest absolute Gasteiger partial charge is 0.271 e. The molecule has 0 aliphatic rings. The van der Waals surface area contributed by atoms with E-state index in [1.165, 1.54) is 17.1 Å². The van der Waals surface area contributed by atoms with Crippen molar-refractivity contribution in [3.05, 3.63) is 58.7 Å². The zero-order chi connectivity index (χ0) is 16.6. The molecule has 5 nitrogen and oxygen atoms in total. The molecule has 0 atom stereocenters. The average Bonchev–Trinajstić information content (AvgIpc) is 2.94. The largest absolute Gasteiger partial charge is 0.495 e. The van der Waals surface area contributed by atoms with Gasteiger partial charge >= 0.3 is 0 Å². The monoisotopic (exact) mass is 394 g/mol. The van der Waals surface area contributed by atoms with Crippen LogP contribution in [0.25, 0.3) is 10.9 Å². The summed E-state index contributed by atoms with van der Waals surface area (Å²) < 4.78 is 33.4. The van der Waals surface area contributed by atoms with Crippen LogP contribution in [0.2, 0.25) is 0 Å². The minimum Gasteiger partial charge on any atom is -0.495 e. The van der Waals surface area contributed by atoms with E-state index in [9.17, 15) is 8.42 Å². The Labute approximate surface area is 142 Å². The van der Waals surface area contributed by atoms with Crippen molar-refractivity contribution in [1.29, 1.82) is 0 Å². The first-order chi connectivity index (χ1) is 11.0. The number of methoxy groups -OCH3 is 1. The summed E-state index contributed by atoms with van der Waals surface area (Å²) in [6.07, 6.45) is 1.57. The second-order valence-electron chi connectivity index (χ2n) is 4.97. The second-order valence-corrected chi connectivity index (χ2v) is 7.67. The lowest BCUT2D eigenvalue weighted by molar-refractivity contribution is 0.402. The number of aromatic nitrogens is 1. The van der Waals surface area contributed by atoms with Gasteiger partial charge in [-0.25, -0.2) is 12.4 Å². The van der Waals surface area contributed by atoms with Crippen LogP contribution in [0.5, 0.6) is 5.75 Å². The van der Waals surface area contributed by atoms with E-state index >= 15 is 0 Å². The molecule has 0 fully saturated rings. The summed E-state index contributed by atoms with van der Waals surface area (Å²) >= 11 is 3.32. The van der Waals surface area contributed by atoms with Crippen LogP contribution in [0.15, 0.2) is 58.0 Å². The number of halogens is 1. The fourth-order valence-electron chi connectivity index (χ4n) is 2.54. The summed E-state index contributed by atoms with van der Waals surface area (Å²) in [5.41, 5.74) is 7.12. The fraction of sp³-hybridized carbons (Fsp3) is 0.125. The van der Waals surface area contributed by atoms with Gasteiger partial charge in [0.25, 0.3) is 10.0 Å². The Morgan fingerprint density at radius 1 is 1.22 bits per heavy atom. The SMILES string of the molecule is COc1cc(Br)ccc1S(=O)(=O)n1cc(CN)c2ccccc21. The van der Waals surface area contributed by atoms with E-state index in [0.717, 1.165) is 15.4 Å². The molecule has 0 saturated carbocycles. The second kappa shape index (κ2) is 5.99. The van der Waals surface area contributed by atoms with Gasteiger partial charge in [0, 0.05) is 22.6 Å². The van der Waals surface area contributed by atoms with Crippen LogP contribution in [-0.2, 0) is 16.6 Å². The third kappa shape index (κ3) is 2.65. The van der Waals surface area contributed by atoms with E-state index in [1.54, 1.807) is 30.5 Å². The molecular formula is C16H15BrN2O3S. The van der Waals surface area contributed by atoms with Crippen LogP contribution in [-0.4, -0.2) is 19.5 Å². The number of rotatable bonds is 4. The predicted octanol–water partition coefficient (Wildman–Crippen LogP) is 3.11. The Hall–Kier alpha value is -1.83. The minimum atomic E-state index is -3.80. The number of nitrogens with zero attached hydrogens (tertiary/aromatic N) is 1. The lowest BCUT2D eigenvalue weighted by Crippen LogP contribution is -2.13. The minimum absolute atomic E-state index is 0.104. The van der Waals surface area contributed by atoms with Crippen molar-refractivity contribution < 1.29 is 13.2 Å². The van der Waals surface area contributed by atoms with Crippen molar-refractivity contribution in [3.8, 4) is 5.75 Å². The van der Waals surface area contributed by atoms with Gasteiger partial charge in [-0.15, -0.1) is 0 Å². The third-order valence-corrected chi connectivity index (χ3v) is 5.85. The first kappa shape index (κ1) is 16.0. The first-order valence-corrected chi connectivity index (χ1v) is 9.10. The molecule has 3 aromatic rings. The van der Waals surface area contributed by atoms with Gasteiger partial charge in [0.15, 0.2) is 0 Å². The van der Waals surface area contributed by atoms with E-state index in [2.05, 4.69) is 15.9 Å². The summed E-state index contributed by atoms with van der Waals surface area (Å²) in [6, 6.07) is 12.1. The van der Waals surface area contributed by atoms with E-state index in [4.69, 9.17) is 10.5 Å². The Balaban J connectivity index is 2.30. The van der Waals surface area contributed by atoms with Gasteiger partial charge in [-0.05, 0) is 29.8 Å². The lowest BCUT2D eigenvalue weighted by atomic mass is 10.2. The standard InChI is InChI=1S/C16H15BrN2O3S/c1-22-15-8-12(17)6-7-16(15)23(20,21)19-10-11(9-18)13-4-2-3-5-14(13)19/h2-8,10H,9,18H2,1H3. The van der Waals surface area contributed by atoms with Gasteiger partial charge in [0.2, 0.25) is 0 Å². The molecule has 2 N–H and O–H groups in total. The van der Waals surface area contributed by atoms with Crippen molar-refractivity contribution in [2.75, 3.05) is 7.11 Å². The molecule has 2 aromatic carbocycles. The molecule has 0 unspecified atom stereocenters. The average molecular weight is 395 g/mol. The summed E-state index contributed by atoms with van der Waals surface area (Å²) in [5.74, 6) is 0.284. The molecule has 23 heavy (non-hydrogen) atoms. The van der Waals surface area contributed by atoms with Gasteiger partial charge in [0.1, 0.15) is 10.6 Å². The topological polar surface area (TPSA) is 74.3 Å². The van der Waals surface area contributed by atoms with Crippen LogP contribution in [0.3, 0.4) is 0 Å². The molecule has 1 heterocycles. The van der Waals surface area contributed by atoms with Crippen LogP contribution in [0.4, 0.5) is 0 Å². The quantitative estimate of drug-likeness (QED) is 0.737. The summed E-state index contributed by atoms with van der Waals surface area (Å²) in [4.78, 5) is 0.104. The number of hydrogen-bond donors (Lipinski definition) is 1. The maximum Gasteiger partial charge on any atom is 0.271 e.